The number of nitrogens with one attached hydrogen (secondary N) is 1. The summed E-state index contributed by atoms with van der Waals surface area (Å²) in [5.74, 6) is -0.0264. The minimum absolute atomic E-state index is 0.156. The van der Waals surface area contributed by atoms with E-state index in [1.54, 1.807) is 24.8 Å². The molecule has 1 N–H and O–H groups in total. The number of rotatable bonds is 6. The van der Waals surface area contributed by atoms with Gasteiger partial charge in [0.15, 0.2) is 12.4 Å². The second-order valence-corrected chi connectivity index (χ2v) is 7.55. The van der Waals surface area contributed by atoms with Gasteiger partial charge in [-0.05, 0) is 31.2 Å². The van der Waals surface area contributed by atoms with Crippen LogP contribution in [0.25, 0.3) is 0 Å². The van der Waals surface area contributed by atoms with Crippen LogP contribution >= 0.6 is 11.8 Å². The first-order valence-electron chi connectivity index (χ1n) is 9.12. The van der Waals surface area contributed by atoms with Gasteiger partial charge >= 0.3 is 5.97 Å². The van der Waals surface area contributed by atoms with Crippen LogP contribution < -0.4 is 10.2 Å². The topological polar surface area (TPSA) is 84.7 Å². The lowest BCUT2D eigenvalue weighted by molar-refractivity contribution is -0.147. The molecule has 0 bridgehead atoms. The van der Waals surface area contributed by atoms with Crippen LogP contribution in [0.15, 0.2) is 68.9 Å². The van der Waals surface area contributed by atoms with E-state index in [1.807, 2.05) is 36.4 Å². The van der Waals surface area contributed by atoms with E-state index in [-0.39, 0.29) is 13.0 Å². The zero-order valence-corrected chi connectivity index (χ0v) is 16.6. The predicted octanol–water partition coefficient (Wildman–Crippen LogP) is 4.16. The monoisotopic (exact) mass is 409 g/mol. The molecule has 1 aromatic heterocycles. The zero-order chi connectivity index (χ0) is 20.2. The van der Waals surface area contributed by atoms with Crippen molar-refractivity contribution >= 4 is 40.8 Å². The van der Waals surface area contributed by atoms with Crippen molar-refractivity contribution in [2.24, 2.45) is 0 Å². The predicted molar refractivity (Wildman–Crippen MR) is 109 cm³/mol. The first-order valence-corrected chi connectivity index (χ1v) is 9.94. The van der Waals surface area contributed by atoms with E-state index in [0.717, 1.165) is 21.2 Å². The largest absolute Gasteiger partial charge is 0.456 e. The lowest BCUT2D eigenvalue weighted by Gasteiger charge is -2.32. The Bertz CT molecular complexity index is 1000. The number of aryl methyl sites for hydroxylation is 1. The second kappa shape index (κ2) is 8.40. The van der Waals surface area contributed by atoms with E-state index >= 15 is 0 Å². The summed E-state index contributed by atoms with van der Waals surface area (Å²) in [5, 5.41) is 6.18. The number of amides is 1. The van der Waals surface area contributed by atoms with Gasteiger partial charge in [0, 0.05) is 22.4 Å². The molecular formula is C21H19N3O4S. The maximum Gasteiger partial charge on any atom is 0.308 e. The Morgan fingerprint density at radius 2 is 1.76 bits per heavy atom. The standard InChI is InChI=1S/C21H19N3O4S/c1-14-12-19(23-28-14)22-20(25)13-27-21(26)10-11-24-15-6-2-4-8-17(15)29-18-9-5-3-7-16(18)24/h2-9,12H,10-11,13H2,1H3,(H,22,23,25). The van der Waals surface area contributed by atoms with Gasteiger partial charge < -0.3 is 19.5 Å². The molecule has 148 valence electrons. The minimum Gasteiger partial charge on any atom is -0.456 e. The minimum atomic E-state index is -0.461. The van der Waals surface area contributed by atoms with E-state index in [1.165, 1.54) is 0 Å². The van der Waals surface area contributed by atoms with Gasteiger partial charge in [-0.15, -0.1) is 0 Å². The summed E-state index contributed by atoms with van der Waals surface area (Å²) < 4.78 is 9.98. The summed E-state index contributed by atoms with van der Waals surface area (Å²) in [6.07, 6.45) is 0.156. The normalized spacial score (nSPS) is 12.1. The summed E-state index contributed by atoms with van der Waals surface area (Å²) in [4.78, 5) is 28.5. The number of carbonyl (C=O) groups is 2. The van der Waals surface area contributed by atoms with E-state index in [4.69, 9.17) is 9.26 Å². The summed E-state index contributed by atoms with van der Waals surface area (Å²) in [6, 6.07) is 17.8. The Morgan fingerprint density at radius 1 is 1.10 bits per heavy atom. The Morgan fingerprint density at radius 3 is 2.38 bits per heavy atom. The maximum absolute atomic E-state index is 12.2. The van der Waals surface area contributed by atoms with Crippen molar-refractivity contribution in [1.29, 1.82) is 0 Å². The fourth-order valence-electron chi connectivity index (χ4n) is 3.05. The lowest BCUT2D eigenvalue weighted by atomic mass is 10.2. The molecule has 1 aliphatic heterocycles. The average molecular weight is 409 g/mol. The maximum atomic E-state index is 12.2. The summed E-state index contributed by atoms with van der Waals surface area (Å²) in [5.41, 5.74) is 2.12. The van der Waals surface area contributed by atoms with Crippen LogP contribution in [0.4, 0.5) is 17.2 Å². The fraction of sp³-hybridized carbons (Fsp3) is 0.190. The molecule has 7 nitrogen and oxygen atoms in total. The van der Waals surface area contributed by atoms with Crippen molar-refractivity contribution in [3.63, 3.8) is 0 Å². The first-order chi connectivity index (χ1) is 14.1. The molecule has 3 aromatic rings. The average Bonchev–Trinajstić information content (AvgIpc) is 3.14. The van der Waals surface area contributed by atoms with Crippen molar-refractivity contribution in [2.75, 3.05) is 23.4 Å². The third kappa shape index (κ3) is 4.43. The highest BCUT2D eigenvalue weighted by atomic mass is 32.2. The van der Waals surface area contributed by atoms with Gasteiger partial charge in [-0.1, -0.05) is 41.2 Å². The third-order valence-corrected chi connectivity index (χ3v) is 5.46. The van der Waals surface area contributed by atoms with Crippen LogP contribution in [0.5, 0.6) is 0 Å². The van der Waals surface area contributed by atoms with Crippen molar-refractivity contribution in [3.8, 4) is 0 Å². The number of benzene rings is 2. The lowest BCUT2D eigenvalue weighted by Crippen LogP contribution is -2.26. The summed E-state index contributed by atoms with van der Waals surface area (Å²) >= 11 is 1.71. The van der Waals surface area contributed by atoms with E-state index in [2.05, 4.69) is 27.5 Å². The molecular weight excluding hydrogens is 390 g/mol. The molecule has 0 unspecified atom stereocenters. The van der Waals surface area contributed by atoms with Crippen molar-refractivity contribution in [1.82, 2.24) is 5.16 Å². The highest BCUT2D eigenvalue weighted by Crippen LogP contribution is 2.47. The number of ether oxygens (including phenoxy) is 1. The molecule has 2 heterocycles. The summed E-state index contributed by atoms with van der Waals surface area (Å²) in [7, 11) is 0. The molecule has 8 heteroatoms. The molecule has 1 amide bonds. The number of nitrogens with zero attached hydrogens (tertiary/aromatic N) is 2. The number of carbonyl (C=O) groups excluding carboxylic acids is 2. The molecule has 0 aliphatic carbocycles. The molecule has 0 spiro atoms. The van der Waals surface area contributed by atoms with Gasteiger partial charge in [0.1, 0.15) is 5.76 Å². The molecule has 0 fully saturated rings. The number of para-hydroxylation sites is 2. The van der Waals surface area contributed by atoms with Gasteiger partial charge in [0.25, 0.3) is 5.91 Å². The van der Waals surface area contributed by atoms with Crippen molar-refractivity contribution < 1.29 is 18.8 Å². The van der Waals surface area contributed by atoms with Gasteiger partial charge in [-0.3, -0.25) is 9.59 Å². The molecule has 2 aromatic carbocycles. The highest BCUT2D eigenvalue weighted by Gasteiger charge is 2.23. The van der Waals surface area contributed by atoms with E-state index in [0.29, 0.717) is 18.1 Å². The second-order valence-electron chi connectivity index (χ2n) is 6.47. The number of hydrogen-bond donors (Lipinski definition) is 1. The smallest absolute Gasteiger partial charge is 0.308 e. The number of fused-ring (bicyclic) bond motifs is 2. The van der Waals surface area contributed by atoms with Crippen LogP contribution in [-0.2, 0) is 14.3 Å². The summed E-state index contributed by atoms with van der Waals surface area (Å²) in [6.45, 7) is 1.81. The van der Waals surface area contributed by atoms with Crippen molar-refractivity contribution in [2.45, 2.75) is 23.1 Å². The molecule has 0 radical (unpaired) electrons. The number of hydrogen-bond acceptors (Lipinski definition) is 7. The quantitative estimate of drug-likeness (QED) is 0.612. The Balaban J connectivity index is 1.35. The van der Waals surface area contributed by atoms with E-state index < -0.39 is 11.9 Å². The Kier molecular flexibility index (Phi) is 5.53. The van der Waals surface area contributed by atoms with Gasteiger partial charge in [0.2, 0.25) is 0 Å². The first kappa shape index (κ1) is 19.1. The van der Waals surface area contributed by atoms with Gasteiger partial charge in [0.05, 0.1) is 17.8 Å². The zero-order valence-electron chi connectivity index (χ0n) is 15.8. The van der Waals surface area contributed by atoms with Gasteiger partial charge in [-0.25, -0.2) is 0 Å². The number of anilines is 3. The Hall–Kier alpha value is -3.26. The van der Waals surface area contributed by atoms with Crippen LogP contribution in [0.2, 0.25) is 0 Å². The van der Waals surface area contributed by atoms with E-state index in [9.17, 15) is 9.59 Å². The van der Waals surface area contributed by atoms with Crippen LogP contribution in [0.1, 0.15) is 12.2 Å². The Labute approximate surface area is 172 Å². The molecule has 0 atom stereocenters. The van der Waals surface area contributed by atoms with Crippen LogP contribution in [0.3, 0.4) is 0 Å². The highest BCUT2D eigenvalue weighted by molar-refractivity contribution is 7.99. The molecule has 29 heavy (non-hydrogen) atoms. The van der Waals surface area contributed by atoms with Crippen LogP contribution in [0, 0.1) is 6.92 Å². The molecule has 1 aliphatic rings. The fourth-order valence-corrected chi connectivity index (χ4v) is 4.14. The number of esters is 1. The SMILES string of the molecule is Cc1cc(NC(=O)COC(=O)CCN2c3ccccc3Sc3ccccc32)no1. The van der Waals surface area contributed by atoms with Gasteiger partial charge in [-0.2, -0.15) is 0 Å². The third-order valence-electron chi connectivity index (χ3n) is 4.33. The molecule has 0 saturated heterocycles. The van der Waals surface area contributed by atoms with Crippen molar-refractivity contribution in [3.05, 3.63) is 60.4 Å². The number of aromatic nitrogens is 1. The molecule has 0 saturated carbocycles. The molecule has 4 rings (SSSR count). The van der Waals surface area contributed by atoms with Crippen LogP contribution in [-0.4, -0.2) is 30.2 Å².